The van der Waals surface area contributed by atoms with Gasteiger partial charge in [-0.05, 0) is 19.9 Å². The maximum atomic E-state index is 12.1. The Hall–Kier alpha value is -2.17. The number of hydrogen-bond acceptors (Lipinski definition) is 3. The van der Waals surface area contributed by atoms with Gasteiger partial charge in [-0.3, -0.25) is 14.4 Å². The second kappa shape index (κ2) is 5.86. The Bertz CT molecular complexity index is 554. The van der Waals surface area contributed by atoms with Crippen molar-refractivity contribution in [1.29, 1.82) is 0 Å². The van der Waals surface area contributed by atoms with Crippen molar-refractivity contribution in [1.82, 2.24) is 9.80 Å². The molecule has 0 bridgehead atoms. The van der Waals surface area contributed by atoms with Crippen molar-refractivity contribution in [3.63, 3.8) is 0 Å². The molecule has 20 heavy (non-hydrogen) atoms. The van der Waals surface area contributed by atoms with Gasteiger partial charge in [-0.15, -0.1) is 0 Å². The van der Waals surface area contributed by atoms with Gasteiger partial charge in [0.1, 0.15) is 0 Å². The number of benzene rings is 1. The summed E-state index contributed by atoms with van der Waals surface area (Å²) in [5, 5.41) is 0. The first-order valence-electron chi connectivity index (χ1n) is 6.71. The maximum Gasteiger partial charge on any atom is 0.312 e. The third-order valence-corrected chi connectivity index (χ3v) is 3.45. The number of hydrogen-bond donors (Lipinski definition) is 0. The molecule has 0 spiro atoms. The standard InChI is InChI=1S/C15H18N2O3/c1-3-16-7-8-17(15(20)14(16)19)10-13(18)12-6-4-5-11(2)9-12/h4-6,9H,3,7-8,10H2,1-2H3. The molecule has 5 heteroatoms. The normalized spacial score (nSPS) is 15.7. The summed E-state index contributed by atoms with van der Waals surface area (Å²) in [6.45, 7) is 5.12. The molecule has 0 aliphatic carbocycles. The third-order valence-electron chi connectivity index (χ3n) is 3.45. The minimum Gasteiger partial charge on any atom is -0.333 e. The fourth-order valence-corrected chi connectivity index (χ4v) is 2.25. The zero-order valence-corrected chi connectivity index (χ0v) is 11.8. The van der Waals surface area contributed by atoms with E-state index in [1.165, 1.54) is 9.80 Å². The smallest absolute Gasteiger partial charge is 0.312 e. The summed E-state index contributed by atoms with van der Waals surface area (Å²) in [5.41, 5.74) is 1.57. The summed E-state index contributed by atoms with van der Waals surface area (Å²) in [4.78, 5) is 38.7. The number of piperazine rings is 1. The fourth-order valence-electron chi connectivity index (χ4n) is 2.25. The van der Waals surface area contributed by atoms with Gasteiger partial charge in [0.25, 0.3) is 0 Å². The number of rotatable bonds is 4. The molecule has 2 amide bonds. The molecule has 106 valence electrons. The number of aryl methyl sites for hydroxylation is 1. The molecule has 1 aliphatic rings. The number of carbonyl (C=O) groups excluding carboxylic acids is 3. The van der Waals surface area contributed by atoms with Crippen LogP contribution in [0, 0.1) is 6.92 Å². The lowest BCUT2D eigenvalue weighted by atomic mass is 10.1. The van der Waals surface area contributed by atoms with Crippen molar-refractivity contribution in [3.8, 4) is 0 Å². The lowest BCUT2D eigenvalue weighted by Crippen LogP contribution is -2.55. The van der Waals surface area contributed by atoms with Crippen LogP contribution in [0.4, 0.5) is 0 Å². The summed E-state index contributed by atoms with van der Waals surface area (Å²) < 4.78 is 0. The highest BCUT2D eigenvalue weighted by Gasteiger charge is 2.32. The first-order chi connectivity index (χ1) is 9.52. The number of ketones is 1. The highest BCUT2D eigenvalue weighted by Crippen LogP contribution is 2.09. The average Bonchev–Trinajstić information content (AvgIpc) is 2.44. The fraction of sp³-hybridized carbons (Fsp3) is 0.400. The van der Waals surface area contributed by atoms with Crippen LogP contribution in [0.3, 0.4) is 0 Å². The van der Waals surface area contributed by atoms with E-state index in [4.69, 9.17) is 0 Å². The Morgan fingerprint density at radius 2 is 1.80 bits per heavy atom. The Morgan fingerprint density at radius 1 is 1.15 bits per heavy atom. The Kier molecular flexibility index (Phi) is 4.17. The van der Waals surface area contributed by atoms with E-state index in [-0.39, 0.29) is 12.3 Å². The molecule has 0 N–H and O–H groups in total. The summed E-state index contributed by atoms with van der Waals surface area (Å²) >= 11 is 0. The molecule has 0 atom stereocenters. The monoisotopic (exact) mass is 274 g/mol. The molecule has 0 unspecified atom stereocenters. The zero-order chi connectivity index (χ0) is 14.7. The van der Waals surface area contributed by atoms with E-state index >= 15 is 0 Å². The molecule has 1 fully saturated rings. The molecule has 0 saturated carbocycles. The Labute approximate surface area is 118 Å². The van der Waals surface area contributed by atoms with Gasteiger partial charge in [-0.25, -0.2) is 0 Å². The van der Waals surface area contributed by atoms with Crippen molar-refractivity contribution in [3.05, 3.63) is 35.4 Å². The second-order valence-corrected chi connectivity index (χ2v) is 4.90. The molecule has 1 heterocycles. The maximum absolute atomic E-state index is 12.1. The van der Waals surface area contributed by atoms with Gasteiger partial charge in [-0.1, -0.05) is 23.8 Å². The predicted molar refractivity (Wildman–Crippen MR) is 74.3 cm³/mol. The molecule has 1 aromatic rings. The molecular weight excluding hydrogens is 256 g/mol. The Morgan fingerprint density at radius 3 is 2.45 bits per heavy atom. The zero-order valence-electron chi connectivity index (χ0n) is 11.8. The SMILES string of the molecule is CCN1CCN(CC(=O)c2cccc(C)c2)C(=O)C1=O. The van der Waals surface area contributed by atoms with Gasteiger partial charge in [-0.2, -0.15) is 0 Å². The van der Waals surface area contributed by atoms with Crippen LogP contribution in [-0.4, -0.2) is 53.6 Å². The summed E-state index contributed by atoms with van der Waals surface area (Å²) in [5.74, 6) is -1.24. The van der Waals surface area contributed by atoms with E-state index in [9.17, 15) is 14.4 Å². The van der Waals surface area contributed by atoms with E-state index in [0.29, 0.717) is 25.2 Å². The van der Waals surface area contributed by atoms with Crippen LogP contribution in [0.25, 0.3) is 0 Å². The number of nitrogens with zero attached hydrogens (tertiary/aromatic N) is 2. The average molecular weight is 274 g/mol. The highest BCUT2D eigenvalue weighted by molar-refractivity contribution is 6.35. The molecule has 0 aromatic heterocycles. The number of carbonyl (C=O) groups is 3. The van der Waals surface area contributed by atoms with Crippen LogP contribution in [0.2, 0.25) is 0 Å². The van der Waals surface area contributed by atoms with E-state index in [0.717, 1.165) is 5.56 Å². The quantitative estimate of drug-likeness (QED) is 0.604. The molecule has 5 nitrogen and oxygen atoms in total. The summed E-state index contributed by atoms with van der Waals surface area (Å²) in [7, 11) is 0. The molecular formula is C15H18N2O3. The van der Waals surface area contributed by atoms with Crippen LogP contribution in [-0.2, 0) is 9.59 Å². The van der Waals surface area contributed by atoms with Gasteiger partial charge < -0.3 is 9.80 Å². The molecule has 2 rings (SSSR count). The van der Waals surface area contributed by atoms with Crippen LogP contribution in [0.1, 0.15) is 22.8 Å². The Balaban J connectivity index is 2.05. The number of Topliss-reactive ketones (excluding diaryl/α,β-unsaturated/α-hetero) is 1. The molecule has 1 aliphatic heterocycles. The van der Waals surface area contributed by atoms with Crippen LogP contribution >= 0.6 is 0 Å². The molecule has 0 radical (unpaired) electrons. The van der Waals surface area contributed by atoms with Crippen molar-refractivity contribution >= 4 is 17.6 Å². The summed E-state index contributed by atoms with van der Waals surface area (Å²) in [6.07, 6.45) is 0. The van der Waals surface area contributed by atoms with Crippen LogP contribution < -0.4 is 0 Å². The predicted octanol–water partition coefficient (Wildman–Crippen LogP) is 0.868. The van der Waals surface area contributed by atoms with Gasteiger partial charge >= 0.3 is 11.8 Å². The third kappa shape index (κ3) is 2.87. The first-order valence-corrected chi connectivity index (χ1v) is 6.71. The van der Waals surface area contributed by atoms with Crippen LogP contribution in [0.15, 0.2) is 24.3 Å². The van der Waals surface area contributed by atoms with Crippen LogP contribution in [0.5, 0.6) is 0 Å². The summed E-state index contributed by atoms with van der Waals surface area (Å²) in [6, 6.07) is 7.23. The van der Waals surface area contributed by atoms with Gasteiger partial charge in [0, 0.05) is 25.2 Å². The molecule has 1 aromatic carbocycles. The highest BCUT2D eigenvalue weighted by atomic mass is 16.2. The molecule has 1 saturated heterocycles. The van der Waals surface area contributed by atoms with Gasteiger partial charge in [0.05, 0.1) is 6.54 Å². The van der Waals surface area contributed by atoms with Crippen molar-refractivity contribution < 1.29 is 14.4 Å². The van der Waals surface area contributed by atoms with Crippen molar-refractivity contribution in [2.45, 2.75) is 13.8 Å². The van der Waals surface area contributed by atoms with Crippen molar-refractivity contribution in [2.24, 2.45) is 0 Å². The van der Waals surface area contributed by atoms with E-state index in [2.05, 4.69) is 0 Å². The largest absolute Gasteiger partial charge is 0.333 e. The number of amides is 2. The first kappa shape index (κ1) is 14.2. The van der Waals surface area contributed by atoms with E-state index in [1.54, 1.807) is 12.1 Å². The van der Waals surface area contributed by atoms with E-state index in [1.807, 2.05) is 26.0 Å². The minimum atomic E-state index is -0.584. The minimum absolute atomic E-state index is 0.0361. The van der Waals surface area contributed by atoms with Gasteiger partial charge in [0.2, 0.25) is 0 Å². The topological polar surface area (TPSA) is 57.7 Å². The van der Waals surface area contributed by atoms with Gasteiger partial charge in [0.15, 0.2) is 5.78 Å². The van der Waals surface area contributed by atoms with Crippen molar-refractivity contribution in [2.75, 3.05) is 26.2 Å². The lowest BCUT2D eigenvalue weighted by Gasteiger charge is -2.32. The second-order valence-electron chi connectivity index (χ2n) is 4.90. The van der Waals surface area contributed by atoms with E-state index < -0.39 is 11.8 Å². The number of likely N-dealkylation sites (N-methyl/N-ethyl adjacent to an activating group) is 1. The lowest BCUT2D eigenvalue weighted by molar-refractivity contribution is -0.155.